The lowest BCUT2D eigenvalue weighted by molar-refractivity contribution is -0.129. The Balaban J connectivity index is 1.83. The van der Waals surface area contributed by atoms with E-state index in [4.69, 9.17) is 4.98 Å². The Kier molecular flexibility index (Phi) is 5.51. The maximum atomic E-state index is 12.2. The average Bonchev–Trinajstić information content (AvgIpc) is 3.01. The molecule has 0 fully saturated rings. The Bertz CT molecular complexity index is 885. The van der Waals surface area contributed by atoms with Crippen LogP contribution >= 0.6 is 0 Å². The Hall–Kier alpha value is -2.89. The lowest BCUT2D eigenvalue weighted by Crippen LogP contribution is -2.28. The minimum atomic E-state index is 0.145. The fourth-order valence-corrected chi connectivity index (χ4v) is 2.93. The quantitative estimate of drug-likeness (QED) is 0.709. The number of anilines is 1. The molecule has 26 heavy (non-hydrogen) atoms. The number of benzene rings is 1. The lowest BCUT2D eigenvalue weighted by Gasteiger charge is -2.16. The second-order valence-electron chi connectivity index (χ2n) is 6.47. The molecular formula is C20H25N5O. The molecule has 2 aromatic heterocycles. The van der Waals surface area contributed by atoms with Gasteiger partial charge in [0.1, 0.15) is 11.5 Å². The van der Waals surface area contributed by atoms with Crippen LogP contribution in [0, 0.1) is 6.92 Å². The van der Waals surface area contributed by atoms with Gasteiger partial charge >= 0.3 is 0 Å². The largest absolute Gasteiger partial charge is 0.369 e. The topological polar surface area (TPSA) is 62.5 Å². The van der Waals surface area contributed by atoms with Crippen LogP contribution in [0.4, 0.5) is 5.82 Å². The van der Waals surface area contributed by atoms with E-state index in [0.717, 1.165) is 35.7 Å². The van der Waals surface area contributed by atoms with Crippen molar-refractivity contribution in [2.45, 2.75) is 26.7 Å². The molecule has 3 aromatic rings. The summed E-state index contributed by atoms with van der Waals surface area (Å²) in [6.07, 6.45) is 6.77. The molecule has 0 spiro atoms. The van der Waals surface area contributed by atoms with Crippen LogP contribution in [0.3, 0.4) is 0 Å². The van der Waals surface area contributed by atoms with Crippen LogP contribution < -0.4 is 5.32 Å². The SMILES string of the molecule is CCCN(C)C(=O)CCNc1c(-c2ccc(C)cc2)nc2cnccn12. The van der Waals surface area contributed by atoms with Crippen LogP contribution in [0.2, 0.25) is 0 Å². The number of rotatable bonds is 7. The van der Waals surface area contributed by atoms with Crippen molar-refractivity contribution in [1.82, 2.24) is 19.3 Å². The smallest absolute Gasteiger partial charge is 0.224 e. The third-order valence-electron chi connectivity index (χ3n) is 4.37. The number of nitrogens with zero attached hydrogens (tertiary/aromatic N) is 4. The zero-order valence-corrected chi connectivity index (χ0v) is 15.6. The molecule has 136 valence electrons. The number of hydrogen-bond donors (Lipinski definition) is 1. The zero-order chi connectivity index (χ0) is 18.5. The van der Waals surface area contributed by atoms with Gasteiger partial charge in [0.25, 0.3) is 0 Å². The second kappa shape index (κ2) is 7.99. The molecule has 1 N–H and O–H groups in total. The third-order valence-corrected chi connectivity index (χ3v) is 4.37. The van der Waals surface area contributed by atoms with E-state index in [2.05, 4.69) is 48.4 Å². The summed E-state index contributed by atoms with van der Waals surface area (Å²) in [6.45, 7) is 5.48. The van der Waals surface area contributed by atoms with Gasteiger partial charge in [-0.15, -0.1) is 0 Å². The summed E-state index contributed by atoms with van der Waals surface area (Å²) in [7, 11) is 1.85. The molecule has 0 radical (unpaired) electrons. The summed E-state index contributed by atoms with van der Waals surface area (Å²) in [6, 6.07) is 8.28. The molecule has 0 unspecified atom stereocenters. The van der Waals surface area contributed by atoms with Gasteiger partial charge in [0.05, 0.1) is 6.20 Å². The number of aryl methyl sites for hydroxylation is 1. The van der Waals surface area contributed by atoms with E-state index in [1.807, 2.05) is 17.6 Å². The van der Waals surface area contributed by atoms with Gasteiger partial charge in [-0.2, -0.15) is 0 Å². The molecule has 0 aliphatic heterocycles. The van der Waals surface area contributed by atoms with Crippen LogP contribution in [0.1, 0.15) is 25.3 Å². The lowest BCUT2D eigenvalue weighted by atomic mass is 10.1. The molecule has 0 saturated heterocycles. The molecule has 0 aliphatic carbocycles. The number of imidazole rings is 1. The number of aromatic nitrogens is 3. The van der Waals surface area contributed by atoms with Gasteiger partial charge in [0.15, 0.2) is 5.65 Å². The minimum absolute atomic E-state index is 0.145. The Labute approximate surface area is 153 Å². The van der Waals surface area contributed by atoms with E-state index in [-0.39, 0.29) is 5.91 Å². The summed E-state index contributed by atoms with van der Waals surface area (Å²) >= 11 is 0. The van der Waals surface area contributed by atoms with Gasteiger partial charge in [-0.1, -0.05) is 36.8 Å². The number of amides is 1. The standard InChI is InChI=1S/C20H25N5O/c1-4-12-24(3)18(26)9-10-22-20-19(16-7-5-15(2)6-8-16)23-17-14-21-11-13-25(17)20/h5-8,11,13-14,22H,4,9-10,12H2,1-3H3. The highest BCUT2D eigenvalue weighted by Gasteiger charge is 2.15. The Morgan fingerprint density at radius 2 is 2.04 bits per heavy atom. The van der Waals surface area contributed by atoms with E-state index in [1.54, 1.807) is 17.3 Å². The van der Waals surface area contributed by atoms with Crippen LogP contribution in [-0.4, -0.2) is 45.3 Å². The van der Waals surface area contributed by atoms with Crippen molar-refractivity contribution >= 4 is 17.4 Å². The third kappa shape index (κ3) is 3.85. The molecule has 0 bridgehead atoms. The van der Waals surface area contributed by atoms with E-state index >= 15 is 0 Å². The maximum Gasteiger partial charge on any atom is 0.224 e. The summed E-state index contributed by atoms with van der Waals surface area (Å²) in [5, 5.41) is 3.40. The van der Waals surface area contributed by atoms with Crippen molar-refractivity contribution in [3.8, 4) is 11.3 Å². The molecule has 1 amide bonds. The monoisotopic (exact) mass is 351 g/mol. The maximum absolute atomic E-state index is 12.2. The molecule has 3 rings (SSSR count). The van der Waals surface area contributed by atoms with Crippen molar-refractivity contribution in [2.24, 2.45) is 0 Å². The fraction of sp³-hybridized carbons (Fsp3) is 0.350. The van der Waals surface area contributed by atoms with Gasteiger partial charge in [-0.05, 0) is 13.3 Å². The van der Waals surface area contributed by atoms with Crippen LogP contribution in [0.5, 0.6) is 0 Å². The first-order valence-electron chi connectivity index (χ1n) is 8.97. The number of hydrogen-bond acceptors (Lipinski definition) is 4. The first-order chi connectivity index (χ1) is 12.6. The van der Waals surface area contributed by atoms with Gasteiger partial charge in [-0.3, -0.25) is 14.2 Å². The number of carbonyl (C=O) groups is 1. The van der Waals surface area contributed by atoms with E-state index < -0.39 is 0 Å². The summed E-state index contributed by atoms with van der Waals surface area (Å²) < 4.78 is 1.97. The molecule has 6 heteroatoms. The summed E-state index contributed by atoms with van der Waals surface area (Å²) in [4.78, 5) is 22.8. The van der Waals surface area contributed by atoms with Crippen molar-refractivity contribution in [3.05, 3.63) is 48.4 Å². The van der Waals surface area contributed by atoms with Crippen molar-refractivity contribution in [1.29, 1.82) is 0 Å². The normalized spacial score (nSPS) is 10.9. The van der Waals surface area contributed by atoms with Crippen molar-refractivity contribution in [2.75, 3.05) is 25.5 Å². The average molecular weight is 351 g/mol. The van der Waals surface area contributed by atoms with Crippen LogP contribution in [0.25, 0.3) is 16.9 Å². The van der Waals surface area contributed by atoms with E-state index in [9.17, 15) is 4.79 Å². The predicted octanol–water partition coefficient (Wildman–Crippen LogP) is 3.38. The van der Waals surface area contributed by atoms with Crippen molar-refractivity contribution in [3.63, 3.8) is 0 Å². The molecule has 6 nitrogen and oxygen atoms in total. The van der Waals surface area contributed by atoms with Gasteiger partial charge in [-0.25, -0.2) is 4.98 Å². The first kappa shape index (κ1) is 17.9. The number of carbonyl (C=O) groups excluding carboxylic acids is 1. The molecule has 1 aromatic carbocycles. The number of fused-ring (bicyclic) bond motifs is 1. The Morgan fingerprint density at radius 1 is 1.27 bits per heavy atom. The molecular weight excluding hydrogens is 326 g/mol. The predicted molar refractivity (Wildman–Crippen MR) is 104 cm³/mol. The molecule has 0 saturated carbocycles. The second-order valence-corrected chi connectivity index (χ2v) is 6.47. The highest BCUT2D eigenvalue weighted by Crippen LogP contribution is 2.28. The minimum Gasteiger partial charge on any atom is -0.369 e. The fourth-order valence-electron chi connectivity index (χ4n) is 2.93. The summed E-state index contributed by atoms with van der Waals surface area (Å²) in [5.41, 5.74) is 3.89. The van der Waals surface area contributed by atoms with Gasteiger partial charge in [0.2, 0.25) is 5.91 Å². The summed E-state index contributed by atoms with van der Waals surface area (Å²) in [5.74, 6) is 1.03. The highest BCUT2D eigenvalue weighted by atomic mass is 16.2. The van der Waals surface area contributed by atoms with Crippen molar-refractivity contribution < 1.29 is 4.79 Å². The van der Waals surface area contributed by atoms with Gasteiger partial charge in [0, 0.05) is 44.5 Å². The van der Waals surface area contributed by atoms with Crippen LogP contribution in [-0.2, 0) is 4.79 Å². The Morgan fingerprint density at radius 3 is 2.77 bits per heavy atom. The molecule has 2 heterocycles. The van der Waals surface area contributed by atoms with Crippen LogP contribution in [0.15, 0.2) is 42.9 Å². The number of nitrogens with one attached hydrogen (secondary N) is 1. The molecule has 0 aliphatic rings. The highest BCUT2D eigenvalue weighted by molar-refractivity contribution is 5.78. The first-order valence-corrected chi connectivity index (χ1v) is 8.97. The van der Waals surface area contributed by atoms with E-state index in [0.29, 0.717) is 13.0 Å². The molecule has 0 atom stereocenters. The van der Waals surface area contributed by atoms with Gasteiger partial charge < -0.3 is 10.2 Å². The zero-order valence-electron chi connectivity index (χ0n) is 15.6. The van der Waals surface area contributed by atoms with E-state index in [1.165, 1.54) is 5.56 Å².